The predicted octanol–water partition coefficient (Wildman–Crippen LogP) is 1.33. The number of fused-ring (bicyclic) bond motifs is 1. The smallest absolute Gasteiger partial charge is 0.274 e. The topological polar surface area (TPSA) is 95.5 Å². The SMILES string of the molecule is CC(=O)NCC(=O)N1C[C@@H]2CN(C(=O)c3cnc(C)cn3)C[C@@H]2[C@@H]1c1cccc(F)c1. The van der Waals surface area contributed by atoms with E-state index in [1.165, 1.54) is 25.3 Å². The van der Waals surface area contributed by atoms with Gasteiger partial charge in [0.2, 0.25) is 11.8 Å². The van der Waals surface area contributed by atoms with Crippen LogP contribution >= 0.6 is 0 Å². The van der Waals surface area contributed by atoms with E-state index in [9.17, 15) is 18.8 Å². The maximum absolute atomic E-state index is 14.0. The van der Waals surface area contributed by atoms with E-state index >= 15 is 0 Å². The van der Waals surface area contributed by atoms with Crippen LogP contribution < -0.4 is 5.32 Å². The number of likely N-dealkylation sites (tertiary alicyclic amines) is 2. The lowest BCUT2D eigenvalue weighted by atomic mass is 9.89. The molecule has 0 unspecified atom stereocenters. The molecule has 4 rings (SSSR count). The van der Waals surface area contributed by atoms with Crippen LogP contribution in [0.4, 0.5) is 4.39 Å². The Kier molecular flexibility index (Phi) is 5.67. The Morgan fingerprint density at radius 3 is 2.65 bits per heavy atom. The summed E-state index contributed by atoms with van der Waals surface area (Å²) < 4.78 is 14.0. The van der Waals surface area contributed by atoms with Gasteiger partial charge in [0.15, 0.2) is 0 Å². The number of nitrogens with one attached hydrogen (secondary N) is 1. The van der Waals surface area contributed by atoms with Gasteiger partial charge in [-0.2, -0.15) is 0 Å². The van der Waals surface area contributed by atoms with Crippen LogP contribution in [0.3, 0.4) is 0 Å². The Balaban J connectivity index is 1.57. The molecule has 2 fully saturated rings. The van der Waals surface area contributed by atoms with Crippen molar-refractivity contribution >= 4 is 17.7 Å². The number of aromatic nitrogens is 2. The molecular formula is C22H24FN5O3. The highest BCUT2D eigenvalue weighted by Gasteiger charge is 2.50. The minimum atomic E-state index is -0.379. The number of rotatable bonds is 4. The maximum Gasteiger partial charge on any atom is 0.274 e. The van der Waals surface area contributed by atoms with E-state index in [1.807, 2.05) is 0 Å². The predicted molar refractivity (Wildman–Crippen MR) is 109 cm³/mol. The standard InChI is InChI=1S/C22H24FN5O3/c1-13-7-26-19(8-24-13)22(31)27-10-16-11-28(20(30)9-25-14(2)29)21(18(16)12-27)15-4-3-5-17(23)6-15/h3-8,16,18,21H,9-12H2,1-2H3,(H,25,29)/t16-,18-,21-/m0/s1. The normalized spacial score (nSPS) is 22.4. The van der Waals surface area contributed by atoms with Crippen molar-refractivity contribution in [3.8, 4) is 0 Å². The number of nitrogens with zero attached hydrogens (tertiary/aromatic N) is 4. The Morgan fingerprint density at radius 2 is 1.97 bits per heavy atom. The first-order valence-corrected chi connectivity index (χ1v) is 10.2. The van der Waals surface area contributed by atoms with E-state index < -0.39 is 0 Å². The largest absolute Gasteiger partial charge is 0.347 e. The third-order valence-corrected chi connectivity index (χ3v) is 5.95. The van der Waals surface area contributed by atoms with Crippen LogP contribution in [0, 0.1) is 24.6 Å². The minimum absolute atomic E-state index is 0.0366. The average molecular weight is 425 g/mol. The molecule has 0 saturated carbocycles. The quantitative estimate of drug-likeness (QED) is 0.798. The monoisotopic (exact) mass is 425 g/mol. The fourth-order valence-electron chi connectivity index (χ4n) is 4.55. The molecule has 2 aromatic rings. The molecule has 2 aliphatic heterocycles. The second kappa shape index (κ2) is 8.41. The number of carbonyl (C=O) groups is 3. The molecule has 0 bridgehead atoms. The van der Waals surface area contributed by atoms with Gasteiger partial charge in [-0.15, -0.1) is 0 Å². The Hall–Kier alpha value is -3.36. The highest BCUT2D eigenvalue weighted by Crippen LogP contribution is 2.45. The number of benzene rings is 1. The van der Waals surface area contributed by atoms with Gasteiger partial charge < -0.3 is 15.1 Å². The summed E-state index contributed by atoms with van der Waals surface area (Å²) in [6.07, 6.45) is 3.03. The lowest BCUT2D eigenvalue weighted by Crippen LogP contribution is -2.42. The molecular weight excluding hydrogens is 401 g/mol. The fraction of sp³-hybridized carbons (Fsp3) is 0.409. The van der Waals surface area contributed by atoms with Crippen molar-refractivity contribution in [2.75, 3.05) is 26.2 Å². The summed E-state index contributed by atoms with van der Waals surface area (Å²) in [6, 6.07) is 5.84. The first-order valence-electron chi connectivity index (χ1n) is 10.2. The lowest BCUT2D eigenvalue weighted by Gasteiger charge is -2.30. The Morgan fingerprint density at radius 1 is 1.16 bits per heavy atom. The van der Waals surface area contributed by atoms with Crippen molar-refractivity contribution in [2.24, 2.45) is 11.8 Å². The molecule has 8 nitrogen and oxygen atoms in total. The van der Waals surface area contributed by atoms with Gasteiger partial charge in [0.05, 0.1) is 24.5 Å². The van der Waals surface area contributed by atoms with Crippen LogP contribution in [0.1, 0.15) is 34.7 Å². The molecule has 1 N–H and O–H groups in total. The molecule has 9 heteroatoms. The van der Waals surface area contributed by atoms with E-state index in [2.05, 4.69) is 15.3 Å². The van der Waals surface area contributed by atoms with Gasteiger partial charge in [0, 0.05) is 44.6 Å². The van der Waals surface area contributed by atoms with Gasteiger partial charge in [-0.25, -0.2) is 9.37 Å². The first-order chi connectivity index (χ1) is 14.8. The molecule has 3 amide bonds. The van der Waals surface area contributed by atoms with Gasteiger partial charge in [0.25, 0.3) is 5.91 Å². The van der Waals surface area contributed by atoms with Crippen LogP contribution in [0.2, 0.25) is 0 Å². The van der Waals surface area contributed by atoms with Crippen molar-refractivity contribution in [3.63, 3.8) is 0 Å². The zero-order valence-corrected chi connectivity index (χ0v) is 17.4. The van der Waals surface area contributed by atoms with E-state index in [0.717, 1.165) is 5.69 Å². The Labute approximate surface area is 179 Å². The van der Waals surface area contributed by atoms with Gasteiger partial charge >= 0.3 is 0 Å². The summed E-state index contributed by atoms with van der Waals surface area (Å²) in [6.45, 7) is 4.40. The van der Waals surface area contributed by atoms with Crippen LogP contribution in [0.15, 0.2) is 36.7 Å². The van der Waals surface area contributed by atoms with E-state index in [-0.39, 0.29) is 53.7 Å². The van der Waals surface area contributed by atoms with Crippen LogP contribution in [-0.4, -0.2) is 63.7 Å². The summed E-state index contributed by atoms with van der Waals surface area (Å²) in [5, 5.41) is 2.54. The van der Waals surface area contributed by atoms with E-state index in [4.69, 9.17) is 0 Å². The molecule has 3 heterocycles. The summed E-state index contributed by atoms with van der Waals surface area (Å²) in [7, 11) is 0. The second-order valence-electron chi connectivity index (χ2n) is 8.13. The summed E-state index contributed by atoms with van der Waals surface area (Å²) in [5.41, 5.74) is 1.70. The molecule has 1 aromatic heterocycles. The third kappa shape index (κ3) is 4.26. The van der Waals surface area contributed by atoms with Crippen molar-refractivity contribution in [3.05, 3.63) is 59.4 Å². The molecule has 31 heavy (non-hydrogen) atoms. The van der Waals surface area contributed by atoms with Crippen LogP contribution in [0.5, 0.6) is 0 Å². The molecule has 0 aliphatic carbocycles. The van der Waals surface area contributed by atoms with Gasteiger partial charge in [-0.3, -0.25) is 19.4 Å². The van der Waals surface area contributed by atoms with Gasteiger partial charge in [0.1, 0.15) is 11.5 Å². The minimum Gasteiger partial charge on any atom is -0.347 e. The third-order valence-electron chi connectivity index (χ3n) is 5.95. The zero-order chi connectivity index (χ0) is 22.1. The van der Waals surface area contributed by atoms with Crippen LogP contribution in [-0.2, 0) is 9.59 Å². The van der Waals surface area contributed by atoms with Crippen molar-refractivity contribution in [2.45, 2.75) is 19.9 Å². The van der Waals surface area contributed by atoms with E-state index in [1.54, 1.807) is 35.1 Å². The molecule has 162 valence electrons. The second-order valence-corrected chi connectivity index (χ2v) is 8.13. The number of halogens is 1. The zero-order valence-electron chi connectivity index (χ0n) is 17.4. The number of amides is 3. The van der Waals surface area contributed by atoms with Gasteiger partial charge in [-0.1, -0.05) is 12.1 Å². The summed E-state index contributed by atoms with van der Waals surface area (Å²) in [4.78, 5) is 48.8. The molecule has 1 aromatic carbocycles. The van der Waals surface area contributed by atoms with Crippen molar-refractivity contribution in [1.82, 2.24) is 25.1 Å². The average Bonchev–Trinajstić information content (AvgIpc) is 3.30. The molecule has 3 atom stereocenters. The number of aryl methyl sites for hydroxylation is 1. The van der Waals surface area contributed by atoms with Crippen molar-refractivity contribution in [1.29, 1.82) is 0 Å². The number of hydrogen-bond acceptors (Lipinski definition) is 5. The lowest BCUT2D eigenvalue weighted by molar-refractivity contribution is -0.133. The molecule has 2 saturated heterocycles. The van der Waals surface area contributed by atoms with Crippen molar-refractivity contribution < 1.29 is 18.8 Å². The fourth-order valence-corrected chi connectivity index (χ4v) is 4.55. The first kappa shape index (κ1) is 20.9. The highest BCUT2D eigenvalue weighted by atomic mass is 19.1. The number of hydrogen-bond donors (Lipinski definition) is 1. The highest BCUT2D eigenvalue weighted by molar-refractivity contribution is 5.92. The molecule has 0 spiro atoms. The summed E-state index contributed by atoms with van der Waals surface area (Å²) >= 11 is 0. The van der Waals surface area contributed by atoms with E-state index in [0.29, 0.717) is 25.2 Å². The maximum atomic E-state index is 14.0. The van der Waals surface area contributed by atoms with Gasteiger partial charge in [-0.05, 0) is 24.6 Å². The molecule has 2 aliphatic rings. The Bertz CT molecular complexity index is 1010. The van der Waals surface area contributed by atoms with Crippen LogP contribution in [0.25, 0.3) is 0 Å². The number of carbonyl (C=O) groups excluding carboxylic acids is 3. The summed E-state index contributed by atoms with van der Waals surface area (Å²) in [5.74, 6) is -1.07. The molecule has 0 radical (unpaired) electrons.